The molecule has 168 valence electrons. The topological polar surface area (TPSA) is 72.1 Å². The van der Waals surface area contributed by atoms with Gasteiger partial charge < -0.3 is 9.15 Å². The first kappa shape index (κ1) is 23.2. The van der Waals surface area contributed by atoms with Crippen molar-refractivity contribution in [1.82, 2.24) is 4.90 Å². The van der Waals surface area contributed by atoms with Crippen molar-refractivity contribution in [3.05, 3.63) is 80.9 Å². The zero-order valence-corrected chi connectivity index (χ0v) is 20.0. The maximum absolute atomic E-state index is 12.7. The standard InChI is InChI=1S/C24H18Cl2N2O4S/c1-3-31-23(30)14-4-7-16(8-5-14)27-24-28(2)22(29)21(33-24)13-17-9-11-20(32-17)18-12-15(25)6-10-19(18)26/h4-13H,3H2,1-2H3/b21-13-,27-24?. The Bertz CT molecular complexity index is 1280. The Kier molecular flexibility index (Phi) is 6.93. The van der Waals surface area contributed by atoms with Gasteiger partial charge in [-0.15, -0.1) is 0 Å². The van der Waals surface area contributed by atoms with Crippen LogP contribution in [0.5, 0.6) is 0 Å². The van der Waals surface area contributed by atoms with Crippen molar-refractivity contribution in [2.24, 2.45) is 4.99 Å². The van der Waals surface area contributed by atoms with Gasteiger partial charge in [0, 0.05) is 23.7 Å². The van der Waals surface area contributed by atoms with Gasteiger partial charge in [-0.1, -0.05) is 23.2 Å². The number of esters is 1. The smallest absolute Gasteiger partial charge is 0.338 e. The molecule has 1 amide bonds. The molecule has 1 aliphatic rings. The molecule has 0 bridgehead atoms. The molecule has 1 aromatic heterocycles. The third kappa shape index (κ3) is 5.16. The van der Waals surface area contributed by atoms with E-state index >= 15 is 0 Å². The minimum atomic E-state index is -0.388. The monoisotopic (exact) mass is 500 g/mol. The number of furan rings is 1. The number of halogens is 2. The van der Waals surface area contributed by atoms with Gasteiger partial charge in [-0.3, -0.25) is 9.69 Å². The fourth-order valence-electron chi connectivity index (χ4n) is 3.04. The lowest BCUT2D eigenvalue weighted by atomic mass is 10.2. The van der Waals surface area contributed by atoms with Gasteiger partial charge in [0.05, 0.1) is 27.8 Å². The average Bonchev–Trinajstić information content (AvgIpc) is 3.37. The van der Waals surface area contributed by atoms with Crippen LogP contribution < -0.4 is 0 Å². The van der Waals surface area contributed by atoms with E-state index in [2.05, 4.69) is 4.99 Å². The van der Waals surface area contributed by atoms with E-state index in [1.807, 2.05) is 0 Å². The number of ether oxygens (including phenoxy) is 1. The van der Waals surface area contributed by atoms with E-state index < -0.39 is 0 Å². The maximum Gasteiger partial charge on any atom is 0.338 e. The van der Waals surface area contributed by atoms with Gasteiger partial charge in [-0.2, -0.15) is 0 Å². The molecule has 0 unspecified atom stereocenters. The van der Waals surface area contributed by atoms with Crippen LogP contribution in [0.2, 0.25) is 10.0 Å². The predicted molar refractivity (Wildman–Crippen MR) is 132 cm³/mol. The van der Waals surface area contributed by atoms with E-state index in [4.69, 9.17) is 32.4 Å². The summed E-state index contributed by atoms with van der Waals surface area (Å²) in [5, 5.41) is 1.58. The van der Waals surface area contributed by atoms with Gasteiger partial charge in [0.15, 0.2) is 5.17 Å². The van der Waals surface area contributed by atoms with Crippen LogP contribution in [-0.2, 0) is 9.53 Å². The second-order valence-corrected chi connectivity index (χ2v) is 8.82. The second kappa shape index (κ2) is 9.87. The Labute approximate surface area is 204 Å². The van der Waals surface area contributed by atoms with Crippen molar-refractivity contribution >= 4 is 63.8 Å². The van der Waals surface area contributed by atoms with E-state index in [9.17, 15) is 9.59 Å². The molecule has 0 saturated carbocycles. The van der Waals surface area contributed by atoms with Gasteiger partial charge >= 0.3 is 5.97 Å². The highest BCUT2D eigenvalue weighted by atomic mass is 35.5. The molecular weight excluding hydrogens is 483 g/mol. The van der Waals surface area contributed by atoms with Gasteiger partial charge in [0.1, 0.15) is 11.5 Å². The summed E-state index contributed by atoms with van der Waals surface area (Å²) in [7, 11) is 1.65. The van der Waals surface area contributed by atoms with Crippen molar-refractivity contribution < 1.29 is 18.7 Å². The summed E-state index contributed by atoms with van der Waals surface area (Å²) >= 11 is 13.6. The molecule has 2 aromatic carbocycles. The number of benzene rings is 2. The average molecular weight is 501 g/mol. The van der Waals surface area contributed by atoms with Crippen molar-refractivity contribution in [1.29, 1.82) is 0 Å². The molecule has 9 heteroatoms. The highest BCUT2D eigenvalue weighted by Gasteiger charge is 2.30. The van der Waals surface area contributed by atoms with Crippen LogP contribution >= 0.6 is 35.0 Å². The van der Waals surface area contributed by atoms with Crippen LogP contribution in [0, 0.1) is 0 Å². The molecule has 1 aliphatic heterocycles. The lowest BCUT2D eigenvalue weighted by Gasteiger charge is -2.07. The van der Waals surface area contributed by atoms with Crippen LogP contribution in [0.3, 0.4) is 0 Å². The van der Waals surface area contributed by atoms with Crippen molar-refractivity contribution in [2.75, 3.05) is 13.7 Å². The SMILES string of the molecule is CCOC(=O)c1ccc(N=C2S/C(=C\c3ccc(-c4cc(Cl)ccc4Cl)o3)C(=O)N2C)cc1. The Morgan fingerprint density at radius 2 is 1.91 bits per heavy atom. The lowest BCUT2D eigenvalue weighted by Crippen LogP contribution is -2.23. The predicted octanol–water partition coefficient (Wildman–Crippen LogP) is 6.66. The third-order valence-electron chi connectivity index (χ3n) is 4.70. The Hall–Kier alpha value is -3.00. The number of hydrogen-bond acceptors (Lipinski definition) is 6. The van der Waals surface area contributed by atoms with Crippen LogP contribution in [-0.4, -0.2) is 35.6 Å². The summed E-state index contributed by atoms with van der Waals surface area (Å²) in [5.74, 6) is 0.473. The Morgan fingerprint density at radius 3 is 2.64 bits per heavy atom. The maximum atomic E-state index is 12.7. The van der Waals surface area contributed by atoms with Crippen LogP contribution in [0.15, 0.2) is 68.9 Å². The highest BCUT2D eigenvalue weighted by molar-refractivity contribution is 8.18. The summed E-state index contributed by atoms with van der Waals surface area (Å²) in [6.45, 7) is 2.06. The largest absolute Gasteiger partial charge is 0.462 e. The zero-order valence-electron chi connectivity index (χ0n) is 17.7. The molecule has 0 spiro atoms. The Morgan fingerprint density at radius 1 is 1.15 bits per heavy atom. The normalized spacial score (nSPS) is 16.1. The van der Waals surface area contributed by atoms with E-state index in [1.165, 1.54) is 16.7 Å². The summed E-state index contributed by atoms with van der Waals surface area (Å²) < 4.78 is 10.9. The zero-order chi connectivity index (χ0) is 23.5. The molecule has 3 aromatic rings. The third-order valence-corrected chi connectivity index (χ3v) is 6.33. The van der Waals surface area contributed by atoms with Gasteiger partial charge in [-0.25, -0.2) is 9.79 Å². The number of carbonyl (C=O) groups excluding carboxylic acids is 2. The van der Waals surface area contributed by atoms with E-state index in [-0.39, 0.29) is 11.9 Å². The van der Waals surface area contributed by atoms with Crippen molar-refractivity contribution in [3.8, 4) is 11.3 Å². The highest BCUT2D eigenvalue weighted by Crippen LogP contribution is 2.36. The molecule has 2 heterocycles. The molecule has 0 N–H and O–H groups in total. The molecule has 0 atom stereocenters. The van der Waals surface area contributed by atoms with Crippen LogP contribution in [0.4, 0.5) is 5.69 Å². The summed E-state index contributed by atoms with van der Waals surface area (Å²) in [5.41, 5.74) is 1.73. The summed E-state index contributed by atoms with van der Waals surface area (Å²) in [4.78, 5) is 31.0. The lowest BCUT2D eigenvalue weighted by molar-refractivity contribution is -0.121. The molecule has 33 heavy (non-hydrogen) atoms. The molecule has 4 rings (SSSR count). The van der Waals surface area contributed by atoms with E-state index in [0.29, 0.717) is 55.1 Å². The first-order valence-corrected chi connectivity index (χ1v) is 11.5. The number of carbonyl (C=O) groups is 2. The Balaban J connectivity index is 1.54. The number of nitrogens with zero attached hydrogens (tertiary/aromatic N) is 2. The molecule has 0 aliphatic carbocycles. The molecular formula is C24H18Cl2N2O4S. The fourth-order valence-corrected chi connectivity index (χ4v) is 4.39. The molecule has 1 saturated heterocycles. The first-order valence-electron chi connectivity index (χ1n) is 9.94. The number of amides is 1. The number of rotatable bonds is 5. The second-order valence-electron chi connectivity index (χ2n) is 6.96. The first-order chi connectivity index (χ1) is 15.9. The number of thioether (sulfide) groups is 1. The molecule has 0 radical (unpaired) electrons. The van der Waals surface area contributed by atoms with Gasteiger partial charge in [-0.05, 0) is 73.3 Å². The van der Waals surface area contributed by atoms with E-state index in [0.717, 1.165) is 0 Å². The van der Waals surface area contributed by atoms with Gasteiger partial charge in [0.25, 0.3) is 5.91 Å². The number of likely N-dealkylation sites (N-methyl/N-ethyl adjacent to an activating group) is 1. The van der Waals surface area contributed by atoms with Gasteiger partial charge in [0.2, 0.25) is 0 Å². The number of aliphatic imine (C=N–C) groups is 1. The van der Waals surface area contributed by atoms with Crippen LogP contribution in [0.25, 0.3) is 17.4 Å². The van der Waals surface area contributed by atoms with E-state index in [1.54, 1.807) is 74.6 Å². The minimum absolute atomic E-state index is 0.194. The minimum Gasteiger partial charge on any atom is -0.462 e. The molecule has 1 fully saturated rings. The van der Waals surface area contributed by atoms with Crippen molar-refractivity contribution in [3.63, 3.8) is 0 Å². The quantitative estimate of drug-likeness (QED) is 0.289. The summed E-state index contributed by atoms with van der Waals surface area (Å²) in [6.07, 6.45) is 1.66. The number of hydrogen-bond donors (Lipinski definition) is 0. The summed E-state index contributed by atoms with van der Waals surface area (Å²) in [6, 6.07) is 15.3. The van der Waals surface area contributed by atoms with Crippen molar-refractivity contribution in [2.45, 2.75) is 6.92 Å². The number of amidine groups is 1. The van der Waals surface area contributed by atoms with Crippen LogP contribution in [0.1, 0.15) is 23.0 Å². The molecule has 6 nitrogen and oxygen atoms in total. The fraction of sp³-hybridized carbons (Fsp3) is 0.125.